The fraction of sp³-hybridized carbons (Fsp3) is 0.0725. The zero-order valence-electron chi connectivity index (χ0n) is 41.9. The van der Waals surface area contributed by atoms with Crippen molar-refractivity contribution in [1.29, 1.82) is 0 Å². The summed E-state index contributed by atoms with van der Waals surface area (Å²) in [5.74, 6) is -14.1. The summed E-state index contributed by atoms with van der Waals surface area (Å²) in [6, 6.07) is 55.3. The Hall–Kier alpha value is -9.08. The molecule has 10 aromatic carbocycles. The molecule has 380 valence electrons. The number of halogens is 8. The SMILES string of the molecule is C=Cc1ccc(C2(c3cc(F)c(F)c(F)c3F)c3ccccc3-c3ccc(N(c4ccc5c(c4)C(C)(C)c4ccccc4-5)c4ccc5c(c4)C(c4ccc(C=C)cc4)(c4cc(F)c(F)c(F)c4F)c4ccccc4-5)cc32)cc1. The first-order valence-electron chi connectivity index (χ1n) is 25.3. The minimum atomic E-state index is -1.96. The molecule has 0 saturated heterocycles. The van der Waals surface area contributed by atoms with Gasteiger partial charge in [0.15, 0.2) is 46.5 Å². The van der Waals surface area contributed by atoms with E-state index >= 15 is 35.1 Å². The summed E-state index contributed by atoms with van der Waals surface area (Å²) < 4.78 is 128. The normalized spacial score (nSPS) is 16.9. The fourth-order valence-electron chi connectivity index (χ4n) is 13.0. The second-order valence-corrected chi connectivity index (χ2v) is 20.6. The predicted octanol–water partition coefficient (Wildman–Crippen LogP) is 18.6. The molecule has 3 aliphatic carbocycles. The lowest BCUT2D eigenvalue weighted by molar-refractivity contribution is 0.399. The van der Waals surface area contributed by atoms with Gasteiger partial charge in [0, 0.05) is 33.6 Å². The number of hydrogen-bond acceptors (Lipinski definition) is 1. The van der Waals surface area contributed by atoms with E-state index in [-0.39, 0.29) is 0 Å². The van der Waals surface area contributed by atoms with Crippen molar-refractivity contribution in [3.63, 3.8) is 0 Å². The highest BCUT2D eigenvalue weighted by atomic mass is 19.2. The van der Waals surface area contributed by atoms with Gasteiger partial charge in [-0.05, 0) is 138 Å². The zero-order chi connectivity index (χ0) is 54.2. The molecule has 0 aliphatic heterocycles. The van der Waals surface area contributed by atoms with Crippen LogP contribution in [0.1, 0.15) is 80.6 Å². The summed E-state index contributed by atoms with van der Waals surface area (Å²) >= 11 is 0. The van der Waals surface area contributed by atoms with Crippen LogP contribution in [0.5, 0.6) is 0 Å². The smallest absolute Gasteiger partial charge is 0.197 e. The van der Waals surface area contributed by atoms with Crippen molar-refractivity contribution in [2.24, 2.45) is 0 Å². The molecule has 0 radical (unpaired) electrons. The number of anilines is 3. The van der Waals surface area contributed by atoms with Gasteiger partial charge in [0.1, 0.15) is 0 Å². The summed E-state index contributed by atoms with van der Waals surface area (Å²) in [5, 5.41) is 0. The lowest BCUT2D eigenvalue weighted by Crippen LogP contribution is -2.31. The van der Waals surface area contributed by atoms with Gasteiger partial charge in [0.25, 0.3) is 0 Å². The van der Waals surface area contributed by atoms with Crippen LogP contribution in [0.4, 0.5) is 52.2 Å². The van der Waals surface area contributed by atoms with Crippen LogP contribution in [0.25, 0.3) is 45.5 Å². The Morgan fingerprint density at radius 3 is 1.05 bits per heavy atom. The molecule has 0 bridgehead atoms. The summed E-state index contributed by atoms with van der Waals surface area (Å²) in [4.78, 5) is 1.97. The topological polar surface area (TPSA) is 3.24 Å². The van der Waals surface area contributed by atoms with Crippen LogP contribution in [0.15, 0.2) is 201 Å². The lowest BCUT2D eigenvalue weighted by Gasteiger charge is -2.36. The molecular formula is C69H43F8N. The molecule has 13 rings (SSSR count). The average Bonchev–Trinajstić information content (AvgIpc) is 4.24. The molecule has 0 fully saturated rings. The molecule has 0 spiro atoms. The largest absolute Gasteiger partial charge is 0.310 e. The molecule has 0 N–H and O–H groups in total. The minimum Gasteiger partial charge on any atom is -0.310 e. The Bertz CT molecular complexity index is 4000. The maximum absolute atomic E-state index is 17.1. The van der Waals surface area contributed by atoms with Gasteiger partial charge in [-0.1, -0.05) is 179 Å². The molecule has 0 heterocycles. The van der Waals surface area contributed by atoms with Crippen LogP contribution >= 0.6 is 0 Å². The minimum absolute atomic E-state index is 0.417. The third-order valence-electron chi connectivity index (χ3n) is 16.6. The Labute approximate surface area is 445 Å². The molecule has 0 saturated carbocycles. The van der Waals surface area contributed by atoms with Gasteiger partial charge < -0.3 is 4.90 Å². The van der Waals surface area contributed by atoms with Crippen LogP contribution in [0.2, 0.25) is 0 Å². The molecule has 1 nitrogen and oxygen atoms in total. The van der Waals surface area contributed by atoms with Gasteiger partial charge in [0.05, 0.1) is 10.8 Å². The fourth-order valence-corrected chi connectivity index (χ4v) is 13.0. The van der Waals surface area contributed by atoms with Crippen molar-refractivity contribution in [3.8, 4) is 33.4 Å². The van der Waals surface area contributed by atoms with E-state index in [2.05, 4.69) is 45.2 Å². The highest BCUT2D eigenvalue weighted by Crippen LogP contribution is 2.61. The van der Waals surface area contributed by atoms with E-state index in [9.17, 15) is 0 Å². The zero-order valence-corrected chi connectivity index (χ0v) is 41.9. The highest BCUT2D eigenvalue weighted by Gasteiger charge is 2.51. The number of hydrogen-bond donors (Lipinski definition) is 0. The van der Waals surface area contributed by atoms with E-state index < -0.39 is 73.9 Å². The molecule has 0 aromatic heterocycles. The average molecular weight is 1040 g/mol. The lowest BCUT2D eigenvalue weighted by atomic mass is 9.67. The summed E-state index contributed by atoms with van der Waals surface area (Å²) in [6.45, 7) is 12.1. The molecule has 9 heteroatoms. The quantitative estimate of drug-likeness (QED) is 0.0791. The number of nitrogens with zero attached hydrogens (tertiary/aromatic N) is 1. The number of fused-ring (bicyclic) bond motifs is 9. The Balaban J connectivity index is 1.13. The first-order chi connectivity index (χ1) is 37.7. The first-order valence-corrected chi connectivity index (χ1v) is 25.3. The van der Waals surface area contributed by atoms with Crippen LogP contribution in [0.3, 0.4) is 0 Å². The Morgan fingerprint density at radius 1 is 0.321 bits per heavy atom. The van der Waals surface area contributed by atoms with Crippen LogP contribution in [-0.4, -0.2) is 0 Å². The maximum Gasteiger partial charge on any atom is 0.197 e. The summed E-state index contributed by atoms with van der Waals surface area (Å²) in [6.07, 6.45) is 3.27. The van der Waals surface area contributed by atoms with Gasteiger partial charge in [-0.3, -0.25) is 0 Å². The second kappa shape index (κ2) is 17.5. The maximum atomic E-state index is 17.1. The molecule has 2 unspecified atom stereocenters. The van der Waals surface area contributed by atoms with Gasteiger partial charge in [-0.2, -0.15) is 0 Å². The van der Waals surface area contributed by atoms with Crippen molar-refractivity contribution in [2.45, 2.75) is 30.1 Å². The van der Waals surface area contributed by atoms with Crippen molar-refractivity contribution >= 4 is 29.2 Å². The number of benzene rings is 10. The van der Waals surface area contributed by atoms with Crippen LogP contribution in [0, 0.1) is 46.5 Å². The van der Waals surface area contributed by atoms with Crippen LogP contribution in [-0.2, 0) is 16.2 Å². The van der Waals surface area contributed by atoms with E-state index in [0.717, 1.165) is 45.5 Å². The molecule has 78 heavy (non-hydrogen) atoms. The molecule has 3 aliphatic rings. The number of rotatable bonds is 9. The Kier molecular flexibility index (Phi) is 10.9. The van der Waals surface area contributed by atoms with E-state index in [1.165, 1.54) is 0 Å². The van der Waals surface area contributed by atoms with Gasteiger partial charge in [-0.15, -0.1) is 0 Å². The predicted molar refractivity (Wildman–Crippen MR) is 293 cm³/mol. The second-order valence-electron chi connectivity index (χ2n) is 20.6. The van der Waals surface area contributed by atoms with Crippen molar-refractivity contribution in [3.05, 3.63) is 315 Å². The molecule has 0 amide bonds. The van der Waals surface area contributed by atoms with E-state index in [4.69, 9.17) is 0 Å². The van der Waals surface area contributed by atoms with Gasteiger partial charge in [-0.25, -0.2) is 35.1 Å². The van der Waals surface area contributed by atoms with E-state index in [0.29, 0.717) is 72.7 Å². The van der Waals surface area contributed by atoms with Crippen LogP contribution < -0.4 is 4.90 Å². The third-order valence-corrected chi connectivity index (χ3v) is 16.6. The summed E-state index contributed by atoms with van der Waals surface area (Å²) in [5.41, 5.74) is 7.40. The van der Waals surface area contributed by atoms with Crippen molar-refractivity contribution < 1.29 is 35.1 Å². The molecule has 2 atom stereocenters. The first kappa shape index (κ1) is 48.6. The molecule has 10 aromatic rings. The summed E-state index contributed by atoms with van der Waals surface area (Å²) in [7, 11) is 0. The third kappa shape index (κ3) is 6.54. The van der Waals surface area contributed by atoms with E-state index in [1.807, 2.05) is 89.8 Å². The van der Waals surface area contributed by atoms with Gasteiger partial charge >= 0.3 is 0 Å². The van der Waals surface area contributed by atoms with Crippen molar-refractivity contribution in [1.82, 2.24) is 0 Å². The Morgan fingerprint density at radius 2 is 0.654 bits per heavy atom. The monoisotopic (exact) mass is 1040 g/mol. The molecular weight excluding hydrogens is 995 g/mol. The highest BCUT2D eigenvalue weighted by molar-refractivity contribution is 5.93. The van der Waals surface area contributed by atoms with E-state index in [1.54, 1.807) is 84.9 Å². The van der Waals surface area contributed by atoms with Gasteiger partial charge in [0.2, 0.25) is 0 Å². The van der Waals surface area contributed by atoms with Crippen molar-refractivity contribution in [2.75, 3.05) is 4.90 Å². The standard InChI is InChI=1S/C69H43F8N/c1-5-38-19-23-40(24-20-38)68(57-36-59(70)63(74)65(76)61(57)72)52-17-11-8-14-46(52)49-31-28-43(34-55(49)68)78(42-27-30-48-45-13-7-10-16-51(45)67(3,4)54(48)33-42)44-29-32-50-47-15-9-12-18-53(47)69(56(50)35-44,41-25-21-39(6-2)22-26-41)58-37-60(71)64(75)66(77)62(58)73/h5-37H,1-2H2,3-4H3.